The van der Waals surface area contributed by atoms with Crippen molar-refractivity contribution in [3.05, 3.63) is 28.2 Å². The summed E-state index contributed by atoms with van der Waals surface area (Å²) in [6.45, 7) is -0.0927. The second-order valence-electron chi connectivity index (χ2n) is 7.76. The van der Waals surface area contributed by atoms with Crippen molar-refractivity contribution in [1.82, 2.24) is 5.32 Å². The molecule has 3 atom stereocenters. The smallest absolute Gasteiger partial charge is 0.417 e. The van der Waals surface area contributed by atoms with E-state index in [0.717, 1.165) is 6.07 Å². The molecule has 168 valence electrons. The van der Waals surface area contributed by atoms with Crippen molar-refractivity contribution in [3.8, 4) is 6.07 Å². The Morgan fingerprint density at radius 1 is 1.35 bits per heavy atom. The first kappa shape index (κ1) is 23.5. The van der Waals surface area contributed by atoms with Gasteiger partial charge in [-0.2, -0.15) is 18.4 Å². The minimum atomic E-state index is -4.90. The molecule has 3 unspecified atom stereocenters. The Bertz CT molecular complexity index is 1030. The molecule has 0 saturated heterocycles. The van der Waals surface area contributed by atoms with E-state index in [-0.39, 0.29) is 30.4 Å². The van der Waals surface area contributed by atoms with E-state index in [1.807, 2.05) is 6.07 Å². The van der Waals surface area contributed by atoms with Crippen molar-refractivity contribution in [2.75, 3.05) is 6.61 Å². The van der Waals surface area contributed by atoms with E-state index < -0.39 is 55.0 Å². The highest BCUT2D eigenvalue weighted by molar-refractivity contribution is 9.10. The van der Waals surface area contributed by atoms with E-state index in [1.54, 1.807) is 0 Å². The number of nitrogens with zero attached hydrogens (tertiary/aromatic N) is 1. The molecule has 3 rings (SSSR count). The van der Waals surface area contributed by atoms with E-state index >= 15 is 0 Å². The first-order valence-electron chi connectivity index (χ1n) is 9.33. The van der Waals surface area contributed by atoms with E-state index in [2.05, 4.69) is 21.2 Å². The van der Waals surface area contributed by atoms with Crippen LogP contribution >= 0.6 is 15.9 Å². The Morgan fingerprint density at radius 3 is 2.58 bits per heavy atom. The normalized spacial score (nSPS) is 24.8. The van der Waals surface area contributed by atoms with E-state index in [9.17, 15) is 36.4 Å². The van der Waals surface area contributed by atoms with Crippen LogP contribution in [0, 0.1) is 23.2 Å². The molecule has 31 heavy (non-hydrogen) atoms. The zero-order chi connectivity index (χ0) is 23.0. The van der Waals surface area contributed by atoms with Crippen molar-refractivity contribution in [2.24, 2.45) is 11.8 Å². The highest BCUT2D eigenvalue weighted by Crippen LogP contribution is 2.43. The maximum absolute atomic E-state index is 13.5. The molecular formula is C19H18BrF3N2O5S. The lowest BCUT2D eigenvalue weighted by Gasteiger charge is -2.19. The summed E-state index contributed by atoms with van der Waals surface area (Å²) in [6.07, 6.45) is -4.36. The SMILES string of the molecule is N#CC1(NC(=O)C2CC(S(=O)(=O)c3ccc(Br)cc3C(F)(F)F)CC2COC=O)CC1. The van der Waals surface area contributed by atoms with Gasteiger partial charge in [-0.05, 0) is 43.9 Å². The predicted octanol–water partition coefficient (Wildman–Crippen LogP) is 2.98. The number of carbonyl (C=O) groups excluding carboxylic acids is 2. The van der Waals surface area contributed by atoms with Crippen molar-refractivity contribution in [1.29, 1.82) is 5.26 Å². The van der Waals surface area contributed by atoms with Crippen molar-refractivity contribution in [2.45, 2.75) is 47.5 Å². The number of nitriles is 1. The fourth-order valence-corrected chi connectivity index (χ4v) is 6.29. The first-order valence-corrected chi connectivity index (χ1v) is 11.7. The molecule has 12 heteroatoms. The van der Waals surface area contributed by atoms with Gasteiger partial charge in [0.1, 0.15) is 5.54 Å². The molecule has 1 amide bonds. The van der Waals surface area contributed by atoms with Gasteiger partial charge in [0.15, 0.2) is 9.84 Å². The van der Waals surface area contributed by atoms with Crippen LogP contribution in [0.15, 0.2) is 27.6 Å². The van der Waals surface area contributed by atoms with Gasteiger partial charge < -0.3 is 10.1 Å². The van der Waals surface area contributed by atoms with Crippen LogP contribution in [0.4, 0.5) is 13.2 Å². The van der Waals surface area contributed by atoms with Crippen molar-refractivity contribution in [3.63, 3.8) is 0 Å². The number of hydrogen-bond acceptors (Lipinski definition) is 6. The van der Waals surface area contributed by atoms with Crippen LogP contribution in [0.2, 0.25) is 0 Å². The van der Waals surface area contributed by atoms with Crippen LogP contribution in [0.5, 0.6) is 0 Å². The Kier molecular flexibility index (Phi) is 6.40. The molecule has 0 bridgehead atoms. The number of ether oxygens (including phenoxy) is 1. The number of sulfone groups is 1. The number of carbonyl (C=O) groups is 2. The Hall–Kier alpha value is -2.13. The molecule has 0 spiro atoms. The van der Waals surface area contributed by atoms with Crippen LogP contribution in [-0.2, 0) is 30.3 Å². The lowest BCUT2D eigenvalue weighted by molar-refractivity contribution is -0.140. The van der Waals surface area contributed by atoms with Gasteiger partial charge in [-0.3, -0.25) is 9.59 Å². The molecule has 2 fully saturated rings. The quantitative estimate of drug-likeness (QED) is 0.550. The van der Waals surface area contributed by atoms with Crippen molar-refractivity contribution < 1.29 is 35.9 Å². The number of hydrogen-bond donors (Lipinski definition) is 1. The van der Waals surface area contributed by atoms with Gasteiger partial charge in [0.05, 0.1) is 28.4 Å². The van der Waals surface area contributed by atoms with E-state index in [0.29, 0.717) is 18.9 Å². The molecular weight excluding hydrogens is 505 g/mol. The molecule has 1 N–H and O–H groups in total. The topological polar surface area (TPSA) is 113 Å². The maximum Gasteiger partial charge on any atom is 0.417 e. The van der Waals surface area contributed by atoms with E-state index in [1.165, 1.54) is 6.07 Å². The van der Waals surface area contributed by atoms with Crippen LogP contribution in [0.1, 0.15) is 31.2 Å². The highest BCUT2D eigenvalue weighted by atomic mass is 79.9. The standard InChI is InChI=1S/C19H18BrF3N2O5S/c20-12-1-2-16(15(6-12)19(21,22)23)31(28,29)13-5-11(8-30-10-26)14(7-13)17(27)25-18(9-24)3-4-18/h1-2,6,10-11,13-14H,3-5,7-8H2,(H,25,27). The molecule has 2 saturated carbocycles. The Balaban J connectivity index is 1.91. The minimum absolute atomic E-state index is 0.0749. The Labute approximate surface area is 185 Å². The molecule has 2 aliphatic carbocycles. The number of halogens is 4. The average molecular weight is 523 g/mol. The zero-order valence-electron chi connectivity index (χ0n) is 16.0. The van der Waals surface area contributed by atoms with Crippen LogP contribution < -0.4 is 5.32 Å². The summed E-state index contributed by atoms with van der Waals surface area (Å²) in [5.41, 5.74) is -2.28. The lowest BCUT2D eigenvalue weighted by atomic mass is 9.95. The number of rotatable bonds is 7. The molecule has 0 heterocycles. The van der Waals surface area contributed by atoms with E-state index in [4.69, 9.17) is 4.74 Å². The number of amides is 1. The summed E-state index contributed by atoms with van der Waals surface area (Å²) in [5, 5.41) is 10.5. The number of nitrogens with one attached hydrogen (secondary N) is 1. The summed E-state index contributed by atoms with van der Waals surface area (Å²) < 4.78 is 71.5. The predicted molar refractivity (Wildman–Crippen MR) is 104 cm³/mol. The molecule has 7 nitrogen and oxygen atoms in total. The third-order valence-corrected chi connectivity index (χ3v) is 8.41. The Morgan fingerprint density at radius 2 is 2.03 bits per heavy atom. The number of benzene rings is 1. The largest absolute Gasteiger partial charge is 0.468 e. The average Bonchev–Trinajstić information content (AvgIpc) is 3.32. The van der Waals surface area contributed by atoms with Gasteiger partial charge in [0, 0.05) is 16.3 Å². The lowest BCUT2D eigenvalue weighted by Crippen LogP contribution is -2.41. The molecule has 1 aromatic carbocycles. The van der Waals surface area contributed by atoms with Gasteiger partial charge in [-0.1, -0.05) is 15.9 Å². The fraction of sp³-hybridized carbons (Fsp3) is 0.526. The van der Waals surface area contributed by atoms with Crippen molar-refractivity contribution >= 4 is 38.1 Å². The van der Waals surface area contributed by atoms with Crippen LogP contribution in [-0.4, -0.2) is 38.2 Å². The summed E-state index contributed by atoms with van der Waals surface area (Å²) in [5.74, 6) is -2.19. The molecule has 0 aliphatic heterocycles. The van der Waals surface area contributed by atoms with Crippen LogP contribution in [0.3, 0.4) is 0 Å². The molecule has 2 aliphatic rings. The summed E-state index contributed by atoms with van der Waals surface area (Å²) in [7, 11) is -4.46. The number of alkyl halides is 3. The summed E-state index contributed by atoms with van der Waals surface area (Å²) in [4.78, 5) is 22.5. The maximum atomic E-state index is 13.5. The second kappa shape index (κ2) is 8.43. The zero-order valence-corrected chi connectivity index (χ0v) is 18.4. The summed E-state index contributed by atoms with van der Waals surface area (Å²) >= 11 is 2.92. The van der Waals surface area contributed by atoms with Gasteiger partial charge in [-0.25, -0.2) is 8.42 Å². The van der Waals surface area contributed by atoms with Crippen LogP contribution in [0.25, 0.3) is 0 Å². The fourth-order valence-electron chi connectivity index (χ4n) is 3.87. The monoisotopic (exact) mass is 522 g/mol. The molecule has 0 radical (unpaired) electrons. The van der Waals surface area contributed by atoms with Gasteiger partial charge in [-0.15, -0.1) is 0 Å². The highest BCUT2D eigenvalue weighted by Gasteiger charge is 2.51. The third kappa shape index (κ3) is 4.87. The third-order valence-electron chi connectivity index (χ3n) is 5.69. The van der Waals surface area contributed by atoms with Gasteiger partial charge >= 0.3 is 6.18 Å². The van der Waals surface area contributed by atoms with Gasteiger partial charge in [0.25, 0.3) is 6.47 Å². The van der Waals surface area contributed by atoms with Gasteiger partial charge in [0.2, 0.25) is 5.91 Å². The molecule has 0 aromatic heterocycles. The molecule has 1 aromatic rings. The second-order valence-corrected chi connectivity index (χ2v) is 10.9. The first-order chi connectivity index (χ1) is 14.4. The summed E-state index contributed by atoms with van der Waals surface area (Å²) in [6, 6.07) is 4.79. The minimum Gasteiger partial charge on any atom is -0.468 e.